The lowest BCUT2D eigenvalue weighted by molar-refractivity contribution is -0.115. The van der Waals surface area contributed by atoms with Crippen molar-refractivity contribution in [2.45, 2.75) is 20.3 Å². The van der Waals surface area contributed by atoms with Crippen LogP contribution in [0.4, 0.5) is 5.82 Å². The number of methoxy groups -OCH3 is 1. The fourth-order valence-electron chi connectivity index (χ4n) is 1.62. The summed E-state index contributed by atoms with van der Waals surface area (Å²) in [5.41, 5.74) is 1.51. The summed E-state index contributed by atoms with van der Waals surface area (Å²) in [6.07, 6.45) is 1.51. The highest BCUT2D eigenvalue weighted by Crippen LogP contribution is 2.14. The van der Waals surface area contributed by atoms with Crippen LogP contribution in [0.3, 0.4) is 0 Å². The summed E-state index contributed by atoms with van der Waals surface area (Å²) in [7, 11) is 1.50. The maximum atomic E-state index is 11.9. The minimum atomic E-state index is -0.199. The second-order valence-electron chi connectivity index (χ2n) is 3.97. The zero-order valence-electron chi connectivity index (χ0n) is 10.9. The fourth-order valence-corrected chi connectivity index (χ4v) is 1.62. The maximum absolute atomic E-state index is 11.9. The van der Waals surface area contributed by atoms with Gasteiger partial charge in [-0.25, -0.2) is 9.97 Å². The standard InChI is InChI=1S/C12H14N4O3/c1-7-9(8(2)19-16-7)4-11(17)15-10-5-12(18-3)14-6-13-10/h5-6H,4H2,1-3H3,(H,13,14,15,17). The Morgan fingerprint density at radius 3 is 2.84 bits per heavy atom. The minimum absolute atomic E-state index is 0.188. The van der Waals surface area contributed by atoms with E-state index in [1.165, 1.54) is 13.4 Å². The normalized spacial score (nSPS) is 10.3. The van der Waals surface area contributed by atoms with Crippen LogP contribution in [0.2, 0.25) is 0 Å². The van der Waals surface area contributed by atoms with Crippen LogP contribution in [-0.4, -0.2) is 28.1 Å². The number of nitrogens with one attached hydrogen (secondary N) is 1. The molecule has 0 aliphatic rings. The first-order valence-electron chi connectivity index (χ1n) is 5.67. The van der Waals surface area contributed by atoms with Crippen LogP contribution < -0.4 is 10.1 Å². The van der Waals surface area contributed by atoms with Gasteiger partial charge in [0.2, 0.25) is 11.8 Å². The second kappa shape index (κ2) is 5.47. The molecule has 0 saturated heterocycles. The molecule has 2 heterocycles. The largest absolute Gasteiger partial charge is 0.481 e. The second-order valence-corrected chi connectivity index (χ2v) is 3.97. The monoisotopic (exact) mass is 262 g/mol. The number of amides is 1. The first-order valence-corrected chi connectivity index (χ1v) is 5.67. The van der Waals surface area contributed by atoms with E-state index in [1.54, 1.807) is 19.9 Å². The number of hydrogen-bond acceptors (Lipinski definition) is 6. The Labute approximate surface area is 110 Å². The van der Waals surface area contributed by atoms with Gasteiger partial charge in [-0.2, -0.15) is 0 Å². The van der Waals surface area contributed by atoms with E-state index < -0.39 is 0 Å². The number of carbonyl (C=O) groups excluding carboxylic acids is 1. The van der Waals surface area contributed by atoms with E-state index in [1.807, 2.05) is 0 Å². The molecule has 7 nitrogen and oxygen atoms in total. The number of aromatic nitrogens is 3. The summed E-state index contributed by atoms with van der Waals surface area (Å²) in [6, 6.07) is 1.55. The third-order valence-electron chi connectivity index (χ3n) is 2.64. The molecule has 0 aliphatic carbocycles. The molecule has 2 rings (SSSR count). The molecule has 0 aliphatic heterocycles. The molecule has 19 heavy (non-hydrogen) atoms. The molecule has 0 fully saturated rings. The van der Waals surface area contributed by atoms with Crippen molar-refractivity contribution in [2.75, 3.05) is 12.4 Å². The highest BCUT2D eigenvalue weighted by atomic mass is 16.5. The van der Waals surface area contributed by atoms with Crippen molar-refractivity contribution in [1.82, 2.24) is 15.1 Å². The van der Waals surface area contributed by atoms with Crippen molar-refractivity contribution in [3.05, 3.63) is 29.4 Å². The molecule has 0 atom stereocenters. The third-order valence-corrected chi connectivity index (χ3v) is 2.64. The van der Waals surface area contributed by atoms with Crippen molar-refractivity contribution in [1.29, 1.82) is 0 Å². The molecule has 0 bridgehead atoms. The van der Waals surface area contributed by atoms with Crippen LogP contribution in [-0.2, 0) is 11.2 Å². The van der Waals surface area contributed by atoms with E-state index in [0.717, 1.165) is 5.56 Å². The molecule has 0 spiro atoms. The van der Waals surface area contributed by atoms with E-state index in [0.29, 0.717) is 23.2 Å². The van der Waals surface area contributed by atoms with Crippen LogP contribution >= 0.6 is 0 Å². The van der Waals surface area contributed by atoms with Gasteiger partial charge in [-0.3, -0.25) is 4.79 Å². The highest BCUT2D eigenvalue weighted by molar-refractivity contribution is 5.91. The molecule has 100 valence electrons. The number of nitrogens with zero attached hydrogens (tertiary/aromatic N) is 3. The summed E-state index contributed by atoms with van der Waals surface area (Å²) in [5, 5.41) is 6.47. The Balaban J connectivity index is 2.05. The molecule has 0 aromatic carbocycles. The lowest BCUT2D eigenvalue weighted by Crippen LogP contribution is -2.16. The number of ether oxygens (including phenoxy) is 1. The van der Waals surface area contributed by atoms with Gasteiger partial charge in [-0.15, -0.1) is 0 Å². The molecule has 2 aromatic heterocycles. The van der Waals surface area contributed by atoms with Crippen LogP contribution in [0.1, 0.15) is 17.0 Å². The van der Waals surface area contributed by atoms with E-state index in [-0.39, 0.29) is 12.3 Å². The van der Waals surface area contributed by atoms with Gasteiger partial charge >= 0.3 is 0 Å². The summed E-state index contributed by atoms with van der Waals surface area (Å²) >= 11 is 0. The Hall–Kier alpha value is -2.44. The van der Waals surface area contributed by atoms with E-state index in [4.69, 9.17) is 9.26 Å². The summed E-state index contributed by atoms with van der Waals surface area (Å²) in [6.45, 7) is 3.57. The number of hydrogen-bond donors (Lipinski definition) is 1. The topological polar surface area (TPSA) is 90.1 Å². The van der Waals surface area contributed by atoms with Crippen molar-refractivity contribution in [2.24, 2.45) is 0 Å². The average Bonchev–Trinajstić information content (AvgIpc) is 2.71. The van der Waals surface area contributed by atoms with Crippen LogP contribution in [0.5, 0.6) is 5.88 Å². The van der Waals surface area contributed by atoms with Crippen molar-refractivity contribution in [3.63, 3.8) is 0 Å². The van der Waals surface area contributed by atoms with Gasteiger partial charge in [0.15, 0.2) is 0 Å². The zero-order chi connectivity index (χ0) is 13.8. The molecule has 1 amide bonds. The fraction of sp³-hybridized carbons (Fsp3) is 0.333. The average molecular weight is 262 g/mol. The van der Waals surface area contributed by atoms with E-state index >= 15 is 0 Å². The summed E-state index contributed by atoms with van der Waals surface area (Å²) in [5.74, 6) is 1.23. The molecular formula is C12H14N4O3. The number of carbonyl (C=O) groups is 1. The van der Waals surface area contributed by atoms with Crippen LogP contribution in [0.15, 0.2) is 16.9 Å². The SMILES string of the molecule is COc1cc(NC(=O)Cc2c(C)noc2C)ncn1. The Morgan fingerprint density at radius 2 is 2.21 bits per heavy atom. The first-order chi connectivity index (χ1) is 9.10. The smallest absolute Gasteiger partial charge is 0.230 e. The molecule has 1 N–H and O–H groups in total. The lowest BCUT2D eigenvalue weighted by Gasteiger charge is -2.05. The van der Waals surface area contributed by atoms with Gasteiger partial charge in [0.1, 0.15) is 17.9 Å². The number of anilines is 1. The van der Waals surface area contributed by atoms with Crippen molar-refractivity contribution in [3.8, 4) is 5.88 Å². The predicted octanol–water partition coefficient (Wildman–Crippen LogP) is 1.27. The molecule has 0 radical (unpaired) electrons. The van der Waals surface area contributed by atoms with E-state index in [2.05, 4.69) is 20.4 Å². The molecule has 0 unspecified atom stereocenters. The molecule has 2 aromatic rings. The van der Waals surface area contributed by atoms with Gasteiger partial charge in [0.05, 0.1) is 19.2 Å². The molecular weight excluding hydrogens is 248 g/mol. The van der Waals surface area contributed by atoms with Gasteiger partial charge in [-0.05, 0) is 13.8 Å². The van der Waals surface area contributed by atoms with Gasteiger partial charge in [0.25, 0.3) is 0 Å². The summed E-state index contributed by atoms with van der Waals surface area (Å²) < 4.78 is 9.96. The molecule has 7 heteroatoms. The van der Waals surface area contributed by atoms with Crippen LogP contribution in [0.25, 0.3) is 0 Å². The Morgan fingerprint density at radius 1 is 1.42 bits per heavy atom. The highest BCUT2D eigenvalue weighted by Gasteiger charge is 2.14. The van der Waals surface area contributed by atoms with E-state index in [9.17, 15) is 4.79 Å². The molecule has 0 saturated carbocycles. The van der Waals surface area contributed by atoms with Crippen molar-refractivity contribution < 1.29 is 14.1 Å². The van der Waals surface area contributed by atoms with Gasteiger partial charge in [-0.1, -0.05) is 5.16 Å². The van der Waals surface area contributed by atoms with Crippen LogP contribution in [0, 0.1) is 13.8 Å². The quantitative estimate of drug-likeness (QED) is 0.892. The maximum Gasteiger partial charge on any atom is 0.230 e. The number of rotatable bonds is 4. The van der Waals surface area contributed by atoms with Gasteiger partial charge in [0, 0.05) is 11.6 Å². The predicted molar refractivity (Wildman–Crippen MR) is 66.9 cm³/mol. The zero-order valence-corrected chi connectivity index (χ0v) is 10.9. The summed E-state index contributed by atoms with van der Waals surface area (Å²) in [4.78, 5) is 19.7. The van der Waals surface area contributed by atoms with Gasteiger partial charge < -0.3 is 14.6 Å². The van der Waals surface area contributed by atoms with Crippen molar-refractivity contribution >= 4 is 11.7 Å². The first kappa shape index (κ1) is 13.0. The minimum Gasteiger partial charge on any atom is -0.481 e. The lowest BCUT2D eigenvalue weighted by atomic mass is 10.1. The Kier molecular flexibility index (Phi) is 3.74. The number of aryl methyl sites for hydroxylation is 2. The third kappa shape index (κ3) is 3.06. The Bertz CT molecular complexity index is 575.